The van der Waals surface area contributed by atoms with Crippen molar-refractivity contribution in [3.63, 3.8) is 0 Å². The maximum Gasteiger partial charge on any atom is 0.242 e. The van der Waals surface area contributed by atoms with Crippen LogP contribution in [0.15, 0.2) is 47.1 Å². The number of amides is 2. The molecule has 6 nitrogen and oxygen atoms in total. The van der Waals surface area contributed by atoms with Crippen LogP contribution in [0.4, 0.5) is 0 Å². The molecule has 0 fully saturated rings. The Morgan fingerprint density at radius 2 is 1.69 bits per heavy atom. The van der Waals surface area contributed by atoms with Crippen LogP contribution in [0.1, 0.15) is 42.0 Å². The molecule has 3 aromatic rings. The third-order valence-corrected chi connectivity index (χ3v) is 4.88. The lowest BCUT2D eigenvalue weighted by Gasteiger charge is -2.10. The van der Waals surface area contributed by atoms with Gasteiger partial charge >= 0.3 is 0 Å². The number of hydrogen-bond donors (Lipinski definition) is 2. The highest BCUT2D eigenvalue weighted by Crippen LogP contribution is 2.29. The van der Waals surface area contributed by atoms with E-state index in [-0.39, 0.29) is 24.7 Å². The molecule has 0 bridgehead atoms. The zero-order valence-corrected chi connectivity index (χ0v) is 17.2. The van der Waals surface area contributed by atoms with Gasteiger partial charge in [0.2, 0.25) is 11.8 Å². The number of nitrogens with one attached hydrogen (secondary N) is 2. The largest absolute Gasteiger partial charge is 0.497 e. The van der Waals surface area contributed by atoms with E-state index in [0.717, 1.165) is 27.8 Å². The number of hydrazine groups is 1. The Labute approximate surface area is 170 Å². The Morgan fingerprint density at radius 3 is 2.31 bits per heavy atom. The van der Waals surface area contributed by atoms with Crippen LogP contribution in [0, 0.1) is 6.92 Å². The van der Waals surface area contributed by atoms with Crippen molar-refractivity contribution < 1.29 is 18.7 Å². The molecule has 2 amide bonds. The van der Waals surface area contributed by atoms with E-state index in [1.165, 1.54) is 11.1 Å². The summed E-state index contributed by atoms with van der Waals surface area (Å²) in [6, 6.07) is 11.3. The van der Waals surface area contributed by atoms with Crippen molar-refractivity contribution in [3.8, 4) is 5.75 Å². The van der Waals surface area contributed by atoms with E-state index >= 15 is 0 Å². The summed E-state index contributed by atoms with van der Waals surface area (Å²) >= 11 is 0. The minimum atomic E-state index is -0.303. The van der Waals surface area contributed by atoms with E-state index in [1.807, 2.05) is 18.2 Å². The van der Waals surface area contributed by atoms with Crippen LogP contribution in [-0.4, -0.2) is 18.9 Å². The summed E-state index contributed by atoms with van der Waals surface area (Å²) in [5.41, 5.74) is 9.72. The maximum atomic E-state index is 12.3. The predicted octanol–water partition coefficient (Wildman–Crippen LogP) is 3.81. The van der Waals surface area contributed by atoms with Crippen LogP contribution in [0.25, 0.3) is 11.0 Å². The van der Waals surface area contributed by atoms with Gasteiger partial charge in [0.15, 0.2) is 0 Å². The monoisotopic (exact) mass is 394 g/mol. The van der Waals surface area contributed by atoms with Gasteiger partial charge in [-0.15, -0.1) is 0 Å². The molecule has 0 saturated heterocycles. The van der Waals surface area contributed by atoms with Gasteiger partial charge in [-0.3, -0.25) is 20.4 Å². The lowest BCUT2D eigenvalue weighted by molar-refractivity contribution is -0.128. The van der Waals surface area contributed by atoms with Crippen molar-refractivity contribution in [2.45, 2.75) is 39.5 Å². The highest BCUT2D eigenvalue weighted by Gasteiger charge is 2.14. The van der Waals surface area contributed by atoms with Gasteiger partial charge in [0.1, 0.15) is 11.3 Å². The van der Waals surface area contributed by atoms with Gasteiger partial charge in [0.25, 0.3) is 0 Å². The number of ether oxygens (including phenoxy) is 1. The highest BCUT2D eigenvalue weighted by molar-refractivity contribution is 5.89. The zero-order valence-electron chi connectivity index (χ0n) is 17.2. The number of furan rings is 1. The van der Waals surface area contributed by atoms with Crippen LogP contribution in [-0.2, 0) is 22.4 Å². The molecule has 0 atom stereocenters. The van der Waals surface area contributed by atoms with Gasteiger partial charge in [0.05, 0.1) is 26.2 Å². The van der Waals surface area contributed by atoms with E-state index in [0.29, 0.717) is 5.92 Å². The lowest BCUT2D eigenvalue weighted by Crippen LogP contribution is -2.43. The highest BCUT2D eigenvalue weighted by atomic mass is 16.5. The summed E-state index contributed by atoms with van der Waals surface area (Å²) in [6.07, 6.45) is 1.89. The Balaban J connectivity index is 1.59. The molecule has 0 saturated carbocycles. The number of carbonyl (C=O) groups is 2. The fourth-order valence-corrected chi connectivity index (χ4v) is 3.33. The van der Waals surface area contributed by atoms with Gasteiger partial charge in [-0.1, -0.05) is 26.0 Å². The SMILES string of the molecule is COc1ccc(CC(=O)NNC(=O)Cc2coc3cc(C)c(C(C)C)cc23)cc1. The number of aryl methyl sites for hydroxylation is 1. The number of hydrogen-bond acceptors (Lipinski definition) is 4. The molecule has 152 valence electrons. The molecule has 1 aromatic heterocycles. The summed E-state index contributed by atoms with van der Waals surface area (Å²) in [4.78, 5) is 24.4. The zero-order chi connectivity index (χ0) is 21.0. The Kier molecular flexibility index (Phi) is 6.22. The quantitative estimate of drug-likeness (QED) is 0.623. The minimum absolute atomic E-state index is 0.121. The molecule has 2 N–H and O–H groups in total. The second-order valence-corrected chi connectivity index (χ2v) is 7.42. The van der Waals surface area contributed by atoms with Gasteiger partial charge in [-0.25, -0.2) is 0 Å². The number of methoxy groups -OCH3 is 1. The van der Waals surface area contributed by atoms with Gasteiger partial charge in [-0.2, -0.15) is 0 Å². The third-order valence-electron chi connectivity index (χ3n) is 4.88. The molecule has 0 spiro atoms. The molecule has 0 radical (unpaired) electrons. The molecule has 0 aliphatic rings. The topological polar surface area (TPSA) is 80.6 Å². The number of benzene rings is 2. The molecule has 2 aromatic carbocycles. The first-order valence-corrected chi connectivity index (χ1v) is 9.58. The van der Waals surface area contributed by atoms with Crippen LogP contribution < -0.4 is 15.6 Å². The van der Waals surface area contributed by atoms with Crippen LogP contribution in [0.3, 0.4) is 0 Å². The molecular weight excluding hydrogens is 368 g/mol. The number of rotatable bonds is 6. The molecule has 0 unspecified atom stereocenters. The molecular formula is C23H26N2O4. The van der Waals surface area contributed by atoms with E-state index in [1.54, 1.807) is 25.5 Å². The minimum Gasteiger partial charge on any atom is -0.497 e. The van der Waals surface area contributed by atoms with Gasteiger partial charge in [-0.05, 0) is 53.8 Å². The summed E-state index contributed by atoms with van der Waals surface area (Å²) in [5, 5.41) is 0.930. The first-order chi connectivity index (χ1) is 13.9. The molecule has 0 aliphatic carbocycles. The normalized spacial score (nSPS) is 10.9. The van der Waals surface area contributed by atoms with Crippen LogP contribution in [0.5, 0.6) is 5.75 Å². The summed E-state index contributed by atoms with van der Waals surface area (Å²) < 4.78 is 10.7. The molecule has 3 rings (SSSR count). The van der Waals surface area contributed by atoms with Crippen molar-refractivity contribution in [2.75, 3.05) is 7.11 Å². The van der Waals surface area contributed by atoms with Crippen molar-refractivity contribution >= 4 is 22.8 Å². The van der Waals surface area contributed by atoms with E-state index in [4.69, 9.17) is 9.15 Å². The number of fused-ring (bicyclic) bond motifs is 1. The fourth-order valence-electron chi connectivity index (χ4n) is 3.33. The maximum absolute atomic E-state index is 12.3. The second-order valence-electron chi connectivity index (χ2n) is 7.42. The molecule has 1 heterocycles. The summed E-state index contributed by atoms with van der Waals surface area (Å²) in [6.45, 7) is 6.33. The van der Waals surface area contributed by atoms with Crippen molar-refractivity contribution in [1.29, 1.82) is 0 Å². The average molecular weight is 394 g/mol. The second kappa shape index (κ2) is 8.82. The first kappa shape index (κ1) is 20.5. The van der Waals surface area contributed by atoms with Crippen LogP contribution >= 0.6 is 0 Å². The van der Waals surface area contributed by atoms with E-state index < -0.39 is 0 Å². The van der Waals surface area contributed by atoms with E-state index in [9.17, 15) is 9.59 Å². The van der Waals surface area contributed by atoms with Gasteiger partial charge in [0, 0.05) is 10.9 Å². The standard InChI is InChI=1S/C23H26N2O4/c1-14(2)19-12-20-17(13-29-21(20)9-15(19)3)11-23(27)25-24-22(26)10-16-5-7-18(28-4)8-6-16/h5-9,12-14H,10-11H2,1-4H3,(H,24,26)(H,25,27). The summed E-state index contributed by atoms with van der Waals surface area (Å²) in [7, 11) is 1.59. The Bertz CT molecular complexity index is 1020. The van der Waals surface area contributed by atoms with Crippen molar-refractivity contribution in [1.82, 2.24) is 10.9 Å². The van der Waals surface area contributed by atoms with Crippen molar-refractivity contribution in [2.24, 2.45) is 0 Å². The van der Waals surface area contributed by atoms with E-state index in [2.05, 4.69) is 37.7 Å². The van der Waals surface area contributed by atoms with Crippen LogP contribution in [0.2, 0.25) is 0 Å². The molecule has 6 heteroatoms. The third kappa shape index (κ3) is 4.96. The predicted molar refractivity (Wildman–Crippen MR) is 112 cm³/mol. The lowest BCUT2D eigenvalue weighted by atomic mass is 9.95. The van der Waals surface area contributed by atoms with Crippen molar-refractivity contribution in [3.05, 3.63) is 64.9 Å². The first-order valence-electron chi connectivity index (χ1n) is 9.58. The van der Waals surface area contributed by atoms with Gasteiger partial charge < -0.3 is 9.15 Å². The Hall–Kier alpha value is -3.28. The summed E-state index contributed by atoms with van der Waals surface area (Å²) in [5.74, 6) is 0.513. The fraction of sp³-hybridized carbons (Fsp3) is 0.304. The Morgan fingerprint density at radius 1 is 1.03 bits per heavy atom. The number of carbonyl (C=O) groups excluding carboxylic acids is 2. The average Bonchev–Trinajstić information content (AvgIpc) is 3.07. The molecule has 0 aliphatic heterocycles. The molecule has 29 heavy (non-hydrogen) atoms. The smallest absolute Gasteiger partial charge is 0.242 e.